The lowest BCUT2D eigenvalue weighted by molar-refractivity contribution is -0.0224. The van der Waals surface area contributed by atoms with Crippen LogP contribution in [-0.2, 0) is 4.74 Å². The summed E-state index contributed by atoms with van der Waals surface area (Å²) in [6.07, 6.45) is 3.85. The minimum atomic E-state index is 0.130. The average Bonchev–Trinajstić information content (AvgIpc) is 2.86. The van der Waals surface area contributed by atoms with Crippen LogP contribution in [0.3, 0.4) is 0 Å². The van der Waals surface area contributed by atoms with Gasteiger partial charge in [-0.1, -0.05) is 6.92 Å². The highest BCUT2D eigenvalue weighted by Crippen LogP contribution is 2.36. The molecule has 2 fully saturated rings. The Morgan fingerprint density at radius 2 is 2.12 bits per heavy atom. The molecule has 0 aromatic heterocycles. The Kier molecular flexibility index (Phi) is 4.11. The summed E-state index contributed by atoms with van der Waals surface area (Å²) in [6.45, 7) is 10.9. The van der Waals surface area contributed by atoms with Crippen molar-refractivity contribution in [2.45, 2.75) is 51.6 Å². The zero-order valence-corrected chi connectivity index (χ0v) is 11.6. The Bertz CT molecular complexity index is 253. The molecule has 0 aliphatic carbocycles. The Morgan fingerprint density at radius 1 is 1.35 bits per heavy atom. The molecule has 0 amide bonds. The van der Waals surface area contributed by atoms with E-state index in [9.17, 15) is 0 Å². The average molecular weight is 240 g/mol. The Balaban J connectivity index is 2.15. The summed E-state index contributed by atoms with van der Waals surface area (Å²) in [6, 6.07) is 0.651. The highest BCUT2D eigenvalue weighted by molar-refractivity contribution is 4.99. The van der Waals surface area contributed by atoms with E-state index in [0.717, 1.165) is 25.7 Å². The predicted octanol–water partition coefficient (Wildman–Crippen LogP) is 1.86. The highest BCUT2D eigenvalue weighted by Gasteiger charge is 2.44. The van der Waals surface area contributed by atoms with Crippen LogP contribution in [0.1, 0.15) is 40.0 Å². The lowest BCUT2D eigenvalue weighted by Crippen LogP contribution is -2.62. The number of ether oxygens (including phenoxy) is 1. The lowest BCUT2D eigenvalue weighted by Gasteiger charge is -2.51. The maximum atomic E-state index is 6.13. The number of piperidine rings is 1. The van der Waals surface area contributed by atoms with Crippen molar-refractivity contribution in [2.75, 3.05) is 26.3 Å². The normalized spacial score (nSPS) is 39.2. The van der Waals surface area contributed by atoms with Gasteiger partial charge in [0.15, 0.2) is 0 Å². The van der Waals surface area contributed by atoms with Gasteiger partial charge in [0.1, 0.15) is 0 Å². The Morgan fingerprint density at radius 3 is 2.71 bits per heavy atom. The molecule has 4 atom stereocenters. The van der Waals surface area contributed by atoms with Gasteiger partial charge in [-0.3, -0.25) is 4.90 Å². The summed E-state index contributed by atoms with van der Waals surface area (Å²) >= 11 is 0. The number of hydrogen-bond acceptors (Lipinski definition) is 3. The van der Waals surface area contributed by atoms with Crippen molar-refractivity contribution in [3.8, 4) is 0 Å². The second-order valence-corrected chi connectivity index (χ2v) is 6.18. The van der Waals surface area contributed by atoms with Crippen molar-refractivity contribution in [3.63, 3.8) is 0 Å². The second-order valence-electron chi connectivity index (χ2n) is 6.18. The maximum Gasteiger partial charge on any atom is 0.0513 e. The van der Waals surface area contributed by atoms with Crippen molar-refractivity contribution >= 4 is 0 Å². The molecule has 2 rings (SSSR count). The topological polar surface area (TPSA) is 38.5 Å². The van der Waals surface area contributed by atoms with Crippen molar-refractivity contribution in [1.29, 1.82) is 0 Å². The van der Waals surface area contributed by atoms with Gasteiger partial charge in [0.25, 0.3) is 0 Å². The van der Waals surface area contributed by atoms with Crippen molar-refractivity contribution < 1.29 is 4.74 Å². The van der Waals surface area contributed by atoms with Crippen LogP contribution in [0.25, 0.3) is 0 Å². The molecule has 2 aliphatic heterocycles. The summed E-state index contributed by atoms with van der Waals surface area (Å²) < 4.78 is 5.58. The summed E-state index contributed by atoms with van der Waals surface area (Å²) in [5.41, 5.74) is 6.26. The van der Waals surface area contributed by atoms with E-state index >= 15 is 0 Å². The largest absolute Gasteiger partial charge is 0.381 e. The summed E-state index contributed by atoms with van der Waals surface area (Å²) in [5, 5.41) is 0. The second kappa shape index (κ2) is 5.25. The van der Waals surface area contributed by atoms with Gasteiger partial charge in [0.05, 0.1) is 6.61 Å². The molecule has 3 nitrogen and oxygen atoms in total. The van der Waals surface area contributed by atoms with E-state index in [-0.39, 0.29) is 5.54 Å². The predicted molar refractivity (Wildman–Crippen MR) is 71.0 cm³/mol. The monoisotopic (exact) mass is 240 g/mol. The summed E-state index contributed by atoms with van der Waals surface area (Å²) in [7, 11) is 0. The van der Waals surface area contributed by atoms with Crippen molar-refractivity contribution in [3.05, 3.63) is 0 Å². The number of likely N-dealkylation sites (tertiary alicyclic amines) is 1. The van der Waals surface area contributed by atoms with E-state index in [2.05, 4.69) is 25.7 Å². The first-order valence-electron chi connectivity index (χ1n) is 7.14. The fourth-order valence-electron chi connectivity index (χ4n) is 3.60. The molecule has 0 saturated carbocycles. The zero-order chi connectivity index (χ0) is 12.5. The van der Waals surface area contributed by atoms with Crippen LogP contribution in [-0.4, -0.2) is 42.8 Å². The van der Waals surface area contributed by atoms with Gasteiger partial charge in [-0.05, 0) is 45.6 Å². The van der Waals surface area contributed by atoms with E-state index in [4.69, 9.17) is 10.5 Å². The standard InChI is InChI=1S/C14H28N2O/c1-11-5-4-7-16(12(11)2)14(3,10-15)13-6-8-17-9-13/h11-13H,4-10,15H2,1-3H3. The Labute approximate surface area is 106 Å². The molecule has 2 heterocycles. The molecule has 4 unspecified atom stereocenters. The van der Waals surface area contributed by atoms with Crippen LogP contribution in [0, 0.1) is 11.8 Å². The smallest absolute Gasteiger partial charge is 0.0513 e. The van der Waals surface area contributed by atoms with Crippen LogP contribution in [0.15, 0.2) is 0 Å². The zero-order valence-electron chi connectivity index (χ0n) is 11.6. The molecule has 0 aromatic rings. The van der Waals surface area contributed by atoms with Crippen LogP contribution in [0.4, 0.5) is 0 Å². The quantitative estimate of drug-likeness (QED) is 0.818. The fraction of sp³-hybridized carbons (Fsp3) is 1.00. The minimum Gasteiger partial charge on any atom is -0.381 e. The molecule has 17 heavy (non-hydrogen) atoms. The maximum absolute atomic E-state index is 6.13. The highest BCUT2D eigenvalue weighted by atomic mass is 16.5. The lowest BCUT2D eigenvalue weighted by atomic mass is 9.79. The van der Waals surface area contributed by atoms with E-state index in [0.29, 0.717) is 12.0 Å². The fourth-order valence-corrected chi connectivity index (χ4v) is 3.60. The number of rotatable bonds is 3. The van der Waals surface area contributed by atoms with Crippen molar-refractivity contribution in [1.82, 2.24) is 4.90 Å². The van der Waals surface area contributed by atoms with Crippen LogP contribution >= 0.6 is 0 Å². The molecule has 0 aromatic carbocycles. The summed E-state index contributed by atoms with van der Waals surface area (Å²) in [4.78, 5) is 2.67. The molecule has 0 bridgehead atoms. The molecule has 100 valence electrons. The molecule has 2 saturated heterocycles. The SMILES string of the molecule is CC1CCCN(C(C)(CN)C2CCOC2)C1C. The third-order valence-corrected chi connectivity index (χ3v) is 5.25. The van der Waals surface area contributed by atoms with Gasteiger partial charge >= 0.3 is 0 Å². The van der Waals surface area contributed by atoms with E-state index in [1.54, 1.807) is 0 Å². The van der Waals surface area contributed by atoms with Crippen molar-refractivity contribution in [2.24, 2.45) is 17.6 Å². The van der Waals surface area contributed by atoms with Crippen LogP contribution in [0.5, 0.6) is 0 Å². The molecule has 3 heteroatoms. The third-order valence-electron chi connectivity index (χ3n) is 5.25. The van der Waals surface area contributed by atoms with Gasteiger partial charge in [-0.2, -0.15) is 0 Å². The Hall–Kier alpha value is -0.120. The van der Waals surface area contributed by atoms with Gasteiger partial charge < -0.3 is 10.5 Å². The molecule has 0 radical (unpaired) electrons. The molecule has 0 spiro atoms. The number of hydrogen-bond donors (Lipinski definition) is 1. The third kappa shape index (κ3) is 2.38. The van der Waals surface area contributed by atoms with E-state index < -0.39 is 0 Å². The molecular weight excluding hydrogens is 212 g/mol. The van der Waals surface area contributed by atoms with Gasteiger partial charge in [0.2, 0.25) is 0 Å². The first kappa shape index (κ1) is 13.3. The van der Waals surface area contributed by atoms with E-state index in [1.165, 1.54) is 25.8 Å². The minimum absolute atomic E-state index is 0.130. The molecular formula is C14H28N2O. The van der Waals surface area contributed by atoms with Gasteiger partial charge in [0, 0.05) is 30.7 Å². The first-order chi connectivity index (χ1) is 8.09. The number of nitrogens with zero attached hydrogens (tertiary/aromatic N) is 1. The molecule has 2 N–H and O–H groups in total. The van der Waals surface area contributed by atoms with Crippen LogP contribution < -0.4 is 5.73 Å². The van der Waals surface area contributed by atoms with Crippen LogP contribution in [0.2, 0.25) is 0 Å². The first-order valence-corrected chi connectivity index (χ1v) is 7.14. The van der Waals surface area contributed by atoms with Gasteiger partial charge in [-0.15, -0.1) is 0 Å². The molecule has 2 aliphatic rings. The van der Waals surface area contributed by atoms with Gasteiger partial charge in [-0.25, -0.2) is 0 Å². The van der Waals surface area contributed by atoms with E-state index in [1.807, 2.05) is 0 Å². The summed E-state index contributed by atoms with van der Waals surface area (Å²) in [5.74, 6) is 1.40. The number of nitrogens with two attached hydrogens (primary N) is 1.